The predicted octanol–water partition coefficient (Wildman–Crippen LogP) is 5.33. The lowest BCUT2D eigenvalue weighted by Gasteiger charge is -2.11. The lowest BCUT2D eigenvalue weighted by Crippen LogP contribution is -2.17. The Morgan fingerprint density at radius 3 is 2.40 bits per heavy atom. The van der Waals surface area contributed by atoms with Gasteiger partial charge in [-0.15, -0.1) is 0 Å². The molecule has 0 saturated carbocycles. The van der Waals surface area contributed by atoms with Crippen molar-refractivity contribution in [3.8, 4) is 5.75 Å². The van der Waals surface area contributed by atoms with Crippen LogP contribution in [0.15, 0.2) is 27.2 Å². The highest BCUT2D eigenvalue weighted by molar-refractivity contribution is 9.10. The molecule has 3 aromatic heterocycles. The number of amides is 1. The molecule has 0 fully saturated rings. The molecule has 0 radical (unpaired) electrons. The lowest BCUT2D eigenvalue weighted by molar-refractivity contribution is 0.101. The zero-order chi connectivity index (χ0) is 25.4. The van der Waals surface area contributed by atoms with E-state index in [1.165, 1.54) is 0 Å². The maximum Gasteiger partial charge on any atom is 0.278 e. The number of ether oxygens (including phenoxy) is 1. The molecule has 4 rings (SSSR count). The zero-order valence-electron chi connectivity index (χ0n) is 21.0. The second kappa shape index (κ2) is 9.69. The molecule has 0 aliphatic carbocycles. The minimum absolute atomic E-state index is 0.173. The fraction of sp³-hybridized carbons (Fsp3) is 0.360. The van der Waals surface area contributed by atoms with Crippen molar-refractivity contribution in [3.05, 3.63) is 73.6 Å². The Morgan fingerprint density at radius 1 is 1.03 bits per heavy atom. The van der Waals surface area contributed by atoms with E-state index in [4.69, 9.17) is 9.26 Å². The third kappa shape index (κ3) is 4.75. The minimum atomic E-state index is -0.374. The SMILES string of the molecule is Cc1cccc(OCc2c(C(=O)Nc3c(C)nn(Cn4nc(C)c(Br)c4C)c3C)noc2C)c1C. The van der Waals surface area contributed by atoms with Gasteiger partial charge in [0.05, 0.1) is 38.5 Å². The van der Waals surface area contributed by atoms with Crippen LogP contribution in [0.4, 0.5) is 5.69 Å². The van der Waals surface area contributed by atoms with Gasteiger partial charge in [-0.2, -0.15) is 10.2 Å². The van der Waals surface area contributed by atoms with Crippen molar-refractivity contribution >= 4 is 27.5 Å². The maximum absolute atomic E-state index is 13.2. The Hall–Kier alpha value is -3.40. The van der Waals surface area contributed by atoms with Gasteiger partial charge >= 0.3 is 0 Å². The van der Waals surface area contributed by atoms with Gasteiger partial charge in [-0.25, -0.2) is 9.36 Å². The first-order chi connectivity index (χ1) is 16.6. The number of nitrogens with zero attached hydrogens (tertiary/aromatic N) is 5. The van der Waals surface area contributed by atoms with Crippen LogP contribution in [0.3, 0.4) is 0 Å². The summed E-state index contributed by atoms with van der Waals surface area (Å²) in [7, 11) is 0. The Kier molecular flexibility index (Phi) is 6.84. The summed E-state index contributed by atoms with van der Waals surface area (Å²) in [6.45, 7) is 14.1. The van der Waals surface area contributed by atoms with Crippen molar-refractivity contribution in [2.24, 2.45) is 0 Å². The van der Waals surface area contributed by atoms with Crippen LogP contribution in [0.2, 0.25) is 0 Å². The van der Waals surface area contributed by atoms with Crippen molar-refractivity contribution in [1.82, 2.24) is 24.7 Å². The van der Waals surface area contributed by atoms with Gasteiger partial charge in [-0.3, -0.25) is 4.79 Å². The van der Waals surface area contributed by atoms with Crippen LogP contribution in [0.25, 0.3) is 0 Å². The Morgan fingerprint density at radius 2 is 1.71 bits per heavy atom. The molecule has 0 bridgehead atoms. The molecule has 1 aromatic carbocycles. The molecule has 0 aliphatic rings. The predicted molar refractivity (Wildman–Crippen MR) is 136 cm³/mol. The third-order valence-electron chi connectivity index (χ3n) is 6.31. The number of halogens is 1. The normalized spacial score (nSPS) is 11.2. The van der Waals surface area contributed by atoms with E-state index in [2.05, 4.69) is 36.6 Å². The monoisotopic (exact) mass is 540 g/mol. The molecular weight excluding hydrogens is 512 g/mol. The molecule has 0 spiro atoms. The van der Waals surface area contributed by atoms with Crippen molar-refractivity contribution in [2.75, 3.05) is 5.32 Å². The number of carbonyl (C=O) groups excluding carboxylic acids is 1. The second-order valence-electron chi connectivity index (χ2n) is 8.68. The van der Waals surface area contributed by atoms with Gasteiger partial charge in [0.25, 0.3) is 5.91 Å². The number of aryl methyl sites for hydroxylation is 4. The van der Waals surface area contributed by atoms with Crippen LogP contribution >= 0.6 is 15.9 Å². The van der Waals surface area contributed by atoms with Gasteiger partial charge in [0, 0.05) is 0 Å². The molecule has 1 N–H and O–H groups in total. The van der Waals surface area contributed by atoms with Gasteiger partial charge < -0.3 is 14.6 Å². The molecule has 9 nitrogen and oxygen atoms in total. The summed E-state index contributed by atoms with van der Waals surface area (Å²) in [6, 6.07) is 5.89. The summed E-state index contributed by atoms with van der Waals surface area (Å²) in [5.74, 6) is 0.932. The first kappa shape index (κ1) is 24.7. The van der Waals surface area contributed by atoms with Gasteiger partial charge in [0.1, 0.15) is 24.8 Å². The van der Waals surface area contributed by atoms with Crippen molar-refractivity contribution in [2.45, 2.75) is 61.7 Å². The highest BCUT2D eigenvalue weighted by Gasteiger charge is 2.23. The van der Waals surface area contributed by atoms with E-state index in [1.54, 1.807) is 6.92 Å². The maximum atomic E-state index is 13.2. The third-order valence-corrected chi connectivity index (χ3v) is 7.46. The van der Waals surface area contributed by atoms with Gasteiger partial charge in [0.2, 0.25) is 0 Å². The molecule has 0 atom stereocenters. The number of nitrogens with one attached hydrogen (secondary N) is 1. The van der Waals surface area contributed by atoms with E-state index >= 15 is 0 Å². The Balaban J connectivity index is 1.54. The summed E-state index contributed by atoms with van der Waals surface area (Å²) in [4.78, 5) is 13.2. The highest BCUT2D eigenvalue weighted by atomic mass is 79.9. The van der Waals surface area contributed by atoms with Gasteiger partial charge in [0.15, 0.2) is 5.69 Å². The average molecular weight is 541 g/mol. The minimum Gasteiger partial charge on any atom is -0.488 e. The number of benzene rings is 1. The summed E-state index contributed by atoms with van der Waals surface area (Å²) in [6.07, 6.45) is 0. The number of aromatic nitrogens is 5. The summed E-state index contributed by atoms with van der Waals surface area (Å²) in [5.41, 5.74) is 7.07. The van der Waals surface area contributed by atoms with E-state index < -0.39 is 0 Å². The quantitative estimate of drug-likeness (QED) is 0.340. The van der Waals surface area contributed by atoms with Crippen LogP contribution in [0.1, 0.15) is 55.7 Å². The second-order valence-corrected chi connectivity index (χ2v) is 9.47. The highest BCUT2D eigenvalue weighted by Crippen LogP contribution is 2.26. The van der Waals surface area contributed by atoms with Crippen molar-refractivity contribution in [3.63, 3.8) is 0 Å². The van der Waals surface area contributed by atoms with Gasteiger partial charge in [-0.05, 0) is 81.6 Å². The first-order valence-electron chi connectivity index (χ1n) is 11.3. The van der Waals surface area contributed by atoms with E-state index in [9.17, 15) is 4.79 Å². The molecule has 10 heteroatoms. The molecule has 4 aromatic rings. The molecular formula is C25H29BrN6O3. The van der Waals surface area contributed by atoms with Crippen LogP contribution in [-0.4, -0.2) is 30.6 Å². The molecule has 3 heterocycles. The number of hydrogen-bond acceptors (Lipinski definition) is 6. The van der Waals surface area contributed by atoms with Crippen LogP contribution < -0.4 is 10.1 Å². The van der Waals surface area contributed by atoms with Crippen LogP contribution in [0, 0.1) is 48.5 Å². The van der Waals surface area contributed by atoms with E-state index in [0.717, 1.165) is 38.4 Å². The summed E-state index contributed by atoms with van der Waals surface area (Å²) < 4.78 is 16.0. The van der Waals surface area contributed by atoms with Crippen molar-refractivity contribution in [1.29, 1.82) is 0 Å². The van der Waals surface area contributed by atoms with Crippen molar-refractivity contribution < 1.29 is 14.1 Å². The smallest absolute Gasteiger partial charge is 0.278 e. The van der Waals surface area contributed by atoms with E-state index in [1.807, 2.05) is 69.1 Å². The van der Waals surface area contributed by atoms with E-state index in [0.29, 0.717) is 29.4 Å². The summed E-state index contributed by atoms with van der Waals surface area (Å²) in [5, 5.41) is 16.1. The Bertz CT molecular complexity index is 1420. The molecule has 0 saturated heterocycles. The van der Waals surface area contributed by atoms with Gasteiger partial charge in [-0.1, -0.05) is 17.3 Å². The lowest BCUT2D eigenvalue weighted by atomic mass is 10.1. The fourth-order valence-electron chi connectivity index (χ4n) is 3.90. The summed E-state index contributed by atoms with van der Waals surface area (Å²) >= 11 is 3.56. The number of carbonyl (C=O) groups is 1. The number of anilines is 1. The van der Waals surface area contributed by atoms with E-state index in [-0.39, 0.29) is 18.2 Å². The first-order valence-corrected chi connectivity index (χ1v) is 12.1. The largest absolute Gasteiger partial charge is 0.488 e. The van der Waals surface area contributed by atoms with Crippen LogP contribution in [0.5, 0.6) is 5.75 Å². The molecule has 1 amide bonds. The molecule has 184 valence electrons. The Labute approximate surface area is 212 Å². The molecule has 35 heavy (non-hydrogen) atoms. The fourth-order valence-corrected chi connectivity index (χ4v) is 4.18. The topological polar surface area (TPSA) is 100 Å². The van der Waals surface area contributed by atoms with Crippen LogP contribution in [-0.2, 0) is 13.3 Å². The average Bonchev–Trinajstić information content (AvgIpc) is 3.40. The number of rotatable bonds is 7. The number of hydrogen-bond donors (Lipinski definition) is 1. The molecule has 0 unspecified atom stereocenters. The molecule has 0 aliphatic heterocycles. The standard InChI is InChI=1S/C25H29BrN6O3/c1-13-9-8-10-21(14(13)2)34-11-20-19(7)35-30-24(20)25(33)27-23-16(4)29-32(18(23)6)12-31-17(5)22(26)15(3)28-31/h8-10H,11-12H2,1-7H3,(H,27,33). The zero-order valence-corrected chi connectivity index (χ0v) is 22.6.